The van der Waals surface area contributed by atoms with Gasteiger partial charge in [-0.25, -0.2) is 13.1 Å². The van der Waals surface area contributed by atoms with Gasteiger partial charge in [0.1, 0.15) is 0 Å². The highest BCUT2D eigenvalue weighted by molar-refractivity contribution is 7.89. The van der Waals surface area contributed by atoms with Gasteiger partial charge in [0.05, 0.1) is 29.2 Å². The SMILES string of the molecule is C=C[C@H](O)[C@H](COC(C)(C)C(C)(C)C)NS(=O)(=O)c1c(C)cc(C)cc1C. The van der Waals surface area contributed by atoms with Crippen molar-refractivity contribution in [3.63, 3.8) is 0 Å². The molecule has 6 heteroatoms. The zero-order valence-corrected chi connectivity index (χ0v) is 18.7. The summed E-state index contributed by atoms with van der Waals surface area (Å²) in [4.78, 5) is 0.240. The lowest BCUT2D eigenvalue weighted by Gasteiger charge is -2.40. The molecule has 0 aliphatic carbocycles. The van der Waals surface area contributed by atoms with E-state index in [2.05, 4.69) is 32.1 Å². The van der Waals surface area contributed by atoms with E-state index >= 15 is 0 Å². The lowest BCUT2D eigenvalue weighted by atomic mass is 9.79. The average Bonchev–Trinajstić information content (AvgIpc) is 2.47. The summed E-state index contributed by atoms with van der Waals surface area (Å²) < 4.78 is 34.7. The molecule has 0 saturated carbocycles. The second kappa shape index (κ2) is 8.43. The van der Waals surface area contributed by atoms with Gasteiger partial charge in [0.2, 0.25) is 10.0 Å². The van der Waals surface area contributed by atoms with Gasteiger partial charge in [0.15, 0.2) is 0 Å². The van der Waals surface area contributed by atoms with Crippen molar-refractivity contribution >= 4 is 10.0 Å². The molecule has 1 aromatic rings. The van der Waals surface area contributed by atoms with Gasteiger partial charge in [-0.15, -0.1) is 6.58 Å². The molecule has 0 aliphatic rings. The molecule has 27 heavy (non-hydrogen) atoms. The van der Waals surface area contributed by atoms with Crippen LogP contribution in [0.3, 0.4) is 0 Å². The third-order valence-corrected chi connectivity index (χ3v) is 7.06. The van der Waals surface area contributed by atoms with Crippen LogP contribution in [-0.4, -0.2) is 37.9 Å². The second-order valence-corrected chi connectivity index (χ2v) is 10.4. The van der Waals surface area contributed by atoms with Gasteiger partial charge in [0.25, 0.3) is 0 Å². The van der Waals surface area contributed by atoms with Crippen molar-refractivity contribution in [2.75, 3.05) is 6.61 Å². The molecule has 0 amide bonds. The van der Waals surface area contributed by atoms with E-state index in [-0.39, 0.29) is 16.9 Å². The van der Waals surface area contributed by atoms with Crippen LogP contribution < -0.4 is 4.72 Å². The van der Waals surface area contributed by atoms with Gasteiger partial charge >= 0.3 is 0 Å². The third-order valence-electron chi connectivity index (χ3n) is 5.26. The fourth-order valence-corrected chi connectivity index (χ4v) is 4.42. The first-order valence-electron chi connectivity index (χ1n) is 9.17. The molecule has 154 valence electrons. The lowest BCUT2D eigenvalue weighted by Crippen LogP contribution is -2.49. The minimum Gasteiger partial charge on any atom is -0.387 e. The van der Waals surface area contributed by atoms with E-state index in [0.29, 0.717) is 11.1 Å². The van der Waals surface area contributed by atoms with Gasteiger partial charge in [-0.2, -0.15) is 0 Å². The summed E-state index contributed by atoms with van der Waals surface area (Å²) in [6.07, 6.45) is 0.247. The van der Waals surface area contributed by atoms with E-state index < -0.39 is 27.8 Å². The van der Waals surface area contributed by atoms with Crippen molar-refractivity contribution in [3.8, 4) is 0 Å². The van der Waals surface area contributed by atoms with Crippen LogP contribution in [0.5, 0.6) is 0 Å². The van der Waals surface area contributed by atoms with Gasteiger partial charge in [0, 0.05) is 0 Å². The maximum Gasteiger partial charge on any atom is 0.241 e. The van der Waals surface area contributed by atoms with Crippen molar-refractivity contribution in [1.82, 2.24) is 4.72 Å². The van der Waals surface area contributed by atoms with Gasteiger partial charge in [-0.3, -0.25) is 0 Å². The number of ether oxygens (including phenoxy) is 1. The van der Waals surface area contributed by atoms with Crippen LogP contribution in [0, 0.1) is 26.2 Å². The summed E-state index contributed by atoms with van der Waals surface area (Å²) in [6, 6.07) is 2.83. The van der Waals surface area contributed by atoms with Crippen LogP contribution in [0.2, 0.25) is 0 Å². The van der Waals surface area contributed by atoms with E-state index in [0.717, 1.165) is 5.56 Å². The van der Waals surface area contributed by atoms with Crippen LogP contribution >= 0.6 is 0 Å². The Morgan fingerprint density at radius 2 is 1.63 bits per heavy atom. The molecule has 0 bridgehead atoms. The first-order chi connectivity index (χ1) is 12.1. The topological polar surface area (TPSA) is 75.6 Å². The van der Waals surface area contributed by atoms with E-state index in [1.807, 2.05) is 32.9 Å². The van der Waals surface area contributed by atoms with E-state index in [9.17, 15) is 13.5 Å². The predicted octanol–water partition coefficient (Wildman–Crippen LogP) is 3.65. The number of aryl methyl sites for hydroxylation is 3. The minimum atomic E-state index is -3.83. The monoisotopic (exact) mass is 397 g/mol. The van der Waals surface area contributed by atoms with E-state index in [1.165, 1.54) is 6.08 Å². The van der Waals surface area contributed by atoms with Crippen molar-refractivity contribution < 1.29 is 18.3 Å². The minimum absolute atomic E-state index is 0.0284. The Hall–Kier alpha value is -1.21. The summed E-state index contributed by atoms with van der Waals surface area (Å²) >= 11 is 0. The molecule has 0 unspecified atom stereocenters. The molecule has 5 nitrogen and oxygen atoms in total. The molecular weight excluding hydrogens is 362 g/mol. The lowest BCUT2D eigenvalue weighted by molar-refractivity contribution is -0.101. The summed E-state index contributed by atoms with van der Waals surface area (Å²) in [7, 11) is -3.83. The molecule has 1 aromatic carbocycles. The molecule has 0 heterocycles. The molecule has 0 aromatic heterocycles. The molecule has 1 rings (SSSR count). The Kier molecular flexibility index (Phi) is 7.44. The molecule has 0 spiro atoms. The van der Waals surface area contributed by atoms with Crippen LogP contribution in [0.4, 0.5) is 0 Å². The van der Waals surface area contributed by atoms with Crippen LogP contribution in [0.1, 0.15) is 51.3 Å². The highest BCUT2D eigenvalue weighted by atomic mass is 32.2. The number of aliphatic hydroxyl groups excluding tert-OH is 1. The van der Waals surface area contributed by atoms with Gasteiger partial charge < -0.3 is 9.84 Å². The van der Waals surface area contributed by atoms with Crippen molar-refractivity contribution in [1.29, 1.82) is 0 Å². The third kappa shape index (κ3) is 5.88. The summed E-state index contributed by atoms with van der Waals surface area (Å²) in [6.45, 7) is 19.1. The molecule has 0 fully saturated rings. The summed E-state index contributed by atoms with van der Waals surface area (Å²) in [5, 5.41) is 10.3. The van der Waals surface area contributed by atoms with Crippen molar-refractivity contribution in [3.05, 3.63) is 41.5 Å². The molecule has 0 radical (unpaired) electrons. The van der Waals surface area contributed by atoms with Crippen LogP contribution in [0.25, 0.3) is 0 Å². The number of hydrogen-bond donors (Lipinski definition) is 2. The molecule has 2 atom stereocenters. The first kappa shape index (κ1) is 23.8. The number of aliphatic hydroxyl groups is 1. The predicted molar refractivity (Wildman–Crippen MR) is 110 cm³/mol. The van der Waals surface area contributed by atoms with Crippen molar-refractivity contribution in [2.45, 2.75) is 78.0 Å². The smallest absolute Gasteiger partial charge is 0.241 e. The number of benzene rings is 1. The zero-order chi connectivity index (χ0) is 21.2. The second-order valence-electron chi connectivity index (χ2n) is 8.75. The standard InChI is InChI=1S/C21H35NO4S/c1-10-18(23)17(13-26-21(8,9)20(5,6)7)22-27(24,25)19-15(3)11-14(2)12-16(19)4/h10-12,17-18,22-23H,1,13H2,2-9H3/t17-,18-/m0/s1. The molecule has 2 N–H and O–H groups in total. The number of hydrogen-bond acceptors (Lipinski definition) is 4. The van der Waals surface area contributed by atoms with Gasteiger partial charge in [-0.1, -0.05) is 44.5 Å². The van der Waals surface area contributed by atoms with E-state index in [1.54, 1.807) is 13.8 Å². The fourth-order valence-electron chi connectivity index (χ4n) is 2.73. The first-order valence-corrected chi connectivity index (χ1v) is 10.7. The molecule has 0 saturated heterocycles. The maximum absolute atomic E-state index is 13.0. The fraction of sp³-hybridized carbons (Fsp3) is 0.619. The Morgan fingerprint density at radius 1 is 1.15 bits per heavy atom. The molecule has 0 aliphatic heterocycles. The Balaban J connectivity index is 3.15. The Labute approximate surface area is 164 Å². The number of nitrogens with one attached hydrogen (secondary N) is 1. The highest BCUT2D eigenvalue weighted by Gasteiger charge is 2.36. The van der Waals surface area contributed by atoms with E-state index in [4.69, 9.17) is 4.74 Å². The quantitative estimate of drug-likeness (QED) is 0.657. The summed E-state index contributed by atoms with van der Waals surface area (Å²) in [5.41, 5.74) is 1.68. The zero-order valence-electron chi connectivity index (χ0n) is 17.9. The van der Waals surface area contributed by atoms with Gasteiger partial charge in [-0.05, 0) is 51.2 Å². The van der Waals surface area contributed by atoms with Crippen LogP contribution in [0.15, 0.2) is 29.7 Å². The maximum atomic E-state index is 13.0. The Bertz CT molecular complexity index is 753. The number of rotatable bonds is 8. The largest absolute Gasteiger partial charge is 0.387 e. The number of sulfonamides is 1. The summed E-state index contributed by atoms with van der Waals surface area (Å²) in [5.74, 6) is 0. The molecular formula is C21H35NO4S. The van der Waals surface area contributed by atoms with Crippen LogP contribution in [-0.2, 0) is 14.8 Å². The highest BCUT2D eigenvalue weighted by Crippen LogP contribution is 2.33. The average molecular weight is 398 g/mol. The normalized spacial score (nSPS) is 15.4. The van der Waals surface area contributed by atoms with Crippen molar-refractivity contribution in [2.24, 2.45) is 5.41 Å². The Morgan fingerprint density at radius 3 is 2.04 bits per heavy atom.